The van der Waals surface area contributed by atoms with Crippen molar-refractivity contribution in [1.29, 1.82) is 0 Å². The molecule has 0 aliphatic carbocycles. The predicted octanol–water partition coefficient (Wildman–Crippen LogP) is 21.2. The van der Waals surface area contributed by atoms with Crippen LogP contribution in [0.1, 0.15) is 278 Å². The molecule has 75 heavy (non-hydrogen) atoms. The summed E-state index contributed by atoms with van der Waals surface area (Å²) in [5.41, 5.74) is 0. The summed E-state index contributed by atoms with van der Waals surface area (Å²) >= 11 is 0. The molecule has 6 nitrogen and oxygen atoms in total. The molecule has 1 atom stereocenters. The van der Waals surface area contributed by atoms with Gasteiger partial charge in [0, 0.05) is 19.3 Å². The summed E-state index contributed by atoms with van der Waals surface area (Å²) in [6.45, 7) is 6.44. The molecule has 0 aliphatic rings. The average Bonchev–Trinajstić information content (AvgIpc) is 3.41. The molecule has 6 heteroatoms. The van der Waals surface area contributed by atoms with Crippen LogP contribution in [0.25, 0.3) is 0 Å². The topological polar surface area (TPSA) is 78.9 Å². The van der Waals surface area contributed by atoms with Gasteiger partial charge in [-0.2, -0.15) is 0 Å². The molecule has 0 aromatic rings. The molecule has 0 amide bonds. The second-order valence-electron chi connectivity index (χ2n) is 20.2. The van der Waals surface area contributed by atoms with Gasteiger partial charge < -0.3 is 14.2 Å². The number of unbranched alkanes of at least 4 members (excludes halogenated alkanes) is 24. The molecule has 0 saturated heterocycles. The van der Waals surface area contributed by atoms with Crippen molar-refractivity contribution in [3.63, 3.8) is 0 Å². The molecule has 1 unspecified atom stereocenters. The maximum absolute atomic E-state index is 12.8. The van der Waals surface area contributed by atoms with Gasteiger partial charge in [0.2, 0.25) is 0 Å². The van der Waals surface area contributed by atoms with Crippen molar-refractivity contribution < 1.29 is 28.6 Å². The van der Waals surface area contributed by atoms with Gasteiger partial charge in [-0.1, -0.05) is 284 Å². The van der Waals surface area contributed by atoms with E-state index in [1.807, 2.05) is 0 Å². The van der Waals surface area contributed by atoms with Crippen LogP contribution in [0, 0.1) is 0 Å². The van der Waals surface area contributed by atoms with Crippen LogP contribution in [0.15, 0.2) is 122 Å². The van der Waals surface area contributed by atoms with E-state index in [9.17, 15) is 14.4 Å². The SMILES string of the molecule is CC/C=C\C/C=C\C/C=C\C/C=C\C/C=C\C/C=C\C/C=C\C/C=C\C/C=C\C/C=C\CCCCC(=O)OCC(COC(=O)CCCCCCCC)OC(=O)CCCCCCCCCCCCCCCCCCCC. The van der Waals surface area contributed by atoms with Crippen molar-refractivity contribution in [2.45, 2.75) is 284 Å². The number of carbonyl (C=O) groups is 3. The summed E-state index contributed by atoms with van der Waals surface area (Å²) in [5.74, 6) is -0.943. The Kier molecular flexibility index (Phi) is 58.9. The highest BCUT2D eigenvalue weighted by atomic mass is 16.6. The maximum atomic E-state index is 12.8. The Balaban J connectivity index is 4.20. The molecule has 426 valence electrons. The summed E-state index contributed by atoms with van der Waals surface area (Å²) in [6, 6.07) is 0. The first kappa shape index (κ1) is 70.8. The first-order valence-electron chi connectivity index (χ1n) is 31.0. The lowest BCUT2D eigenvalue weighted by Gasteiger charge is -2.18. The van der Waals surface area contributed by atoms with Gasteiger partial charge in [-0.05, 0) is 96.3 Å². The van der Waals surface area contributed by atoms with Crippen LogP contribution in [0.2, 0.25) is 0 Å². The summed E-state index contributed by atoms with van der Waals surface area (Å²) < 4.78 is 16.7. The molecule has 0 heterocycles. The number of carbonyl (C=O) groups excluding carboxylic acids is 3. The van der Waals surface area contributed by atoms with E-state index in [0.717, 1.165) is 122 Å². The lowest BCUT2D eigenvalue weighted by molar-refractivity contribution is -0.167. The summed E-state index contributed by atoms with van der Waals surface area (Å²) in [7, 11) is 0. The molecule has 0 aliphatic heterocycles. The van der Waals surface area contributed by atoms with Crippen molar-refractivity contribution >= 4 is 17.9 Å². The van der Waals surface area contributed by atoms with E-state index in [1.54, 1.807) is 0 Å². The van der Waals surface area contributed by atoms with Crippen molar-refractivity contribution in [3.8, 4) is 0 Å². The normalized spacial score (nSPS) is 12.9. The van der Waals surface area contributed by atoms with Crippen molar-refractivity contribution in [1.82, 2.24) is 0 Å². The van der Waals surface area contributed by atoms with Gasteiger partial charge in [0.25, 0.3) is 0 Å². The fourth-order valence-electron chi connectivity index (χ4n) is 8.35. The Bertz CT molecular complexity index is 1570. The number of allylic oxidation sites excluding steroid dienone is 20. The van der Waals surface area contributed by atoms with Gasteiger partial charge in [-0.25, -0.2) is 0 Å². The standard InChI is InChI=1S/C69H114O6/c1-4-7-10-13-16-18-20-22-24-26-28-29-30-31-32-33-34-35-36-37-38-39-40-41-42-44-45-47-49-51-53-56-59-62-68(71)74-65-66(64-73-67(70)61-58-55-15-12-9-6-3)75-69(72)63-60-57-54-52-50-48-46-43-27-25-23-21-19-17-14-11-8-5-2/h7,10,16,18,22,24,28-29,31-32,34-35,37-38,40-41,44-45,49,51,66H,4-6,8-9,11-15,17,19-21,23,25-27,30,33,36,39,42-43,46-48,50,52-65H2,1-3H3/b10-7-,18-16-,24-22-,29-28-,32-31-,35-34-,38-37-,41-40-,45-44-,51-49-. The quantitative estimate of drug-likeness (QED) is 0.0261. The molecule has 0 N–H and O–H groups in total. The number of hydrogen-bond donors (Lipinski definition) is 0. The van der Waals surface area contributed by atoms with Crippen LogP contribution in [-0.2, 0) is 28.6 Å². The van der Waals surface area contributed by atoms with Gasteiger partial charge >= 0.3 is 17.9 Å². The number of esters is 3. The van der Waals surface area contributed by atoms with E-state index in [4.69, 9.17) is 14.2 Å². The zero-order valence-corrected chi connectivity index (χ0v) is 48.8. The van der Waals surface area contributed by atoms with E-state index < -0.39 is 6.10 Å². The number of hydrogen-bond acceptors (Lipinski definition) is 6. The molecule has 0 rings (SSSR count). The predicted molar refractivity (Wildman–Crippen MR) is 325 cm³/mol. The molecule has 0 radical (unpaired) electrons. The molecule has 0 saturated carbocycles. The smallest absolute Gasteiger partial charge is 0.306 e. The fraction of sp³-hybridized carbons (Fsp3) is 0.667. The second kappa shape index (κ2) is 62.4. The van der Waals surface area contributed by atoms with Crippen LogP contribution in [-0.4, -0.2) is 37.2 Å². The van der Waals surface area contributed by atoms with Crippen molar-refractivity contribution in [2.75, 3.05) is 13.2 Å². The third kappa shape index (κ3) is 60.6. The van der Waals surface area contributed by atoms with Gasteiger partial charge in [-0.15, -0.1) is 0 Å². The number of ether oxygens (including phenoxy) is 3. The molecular weight excluding hydrogens is 925 g/mol. The third-order valence-electron chi connectivity index (χ3n) is 13.0. The zero-order valence-electron chi connectivity index (χ0n) is 48.8. The molecule has 0 aromatic heterocycles. The maximum Gasteiger partial charge on any atom is 0.306 e. The van der Waals surface area contributed by atoms with E-state index in [1.165, 1.54) is 116 Å². The van der Waals surface area contributed by atoms with Gasteiger partial charge in [0.15, 0.2) is 6.10 Å². The largest absolute Gasteiger partial charge is 0.462 e. The Morgan fingerprint density at radius 2 is 0.520 bits per heavy atom. The molecule has 0 fully saturated rings. The molecule has 0 aromatic carbocycles. The van der Waals surface area contributed by atoms with Crippen molar-refractivity contribution in [3.05, 3.63) is 122 Å². The van der Waals surface area contributed by atoms with Crippen molar-refractivity contribution in [2.24, 2.45) is 0 Å². The van der Waals surface area contributed by atoms with E-state index in [0.29, 0.717) is 19.3 Å². The fourth-order valence-corrected chi connectivity index (χ4v) is 8.35. The van der Waals surface area contributed by atoms with Gasteiger partial charge in [0.1, 0.15) is 13.2 Å². The summed E-state index contributed by atoms with van der Waals surface area (Å²) in [4.78, 5) is 37.9. The lowest BCUT2D eigenvalue weighted by Crippen LogP contribution is -2.30. The highest BCUT2D eigenvalue weighted by Gasteiger charge is 2.19. The Hall–Kier alpha value is -4.19. The number of rotatable bonds is 55. The lowest BCUT2D eigenvalue weighted by atomic mass is 10.0. The van der Waals surface area contributed by atoms with Crippen LogP contribution in [0.5, 0.6) is 0 Å². The van der Waals surface area contributed by atoms with Gasteiger partial charge in [0.05, 0.1) is 0 Å². The second-order valence-corrected chi connectivity index (χ2v) is 20.2. The monoisotopic (exact) mass is 1040 g/mol. The Morgan fingerprint density at radius 1 is 0.280 bits per heavy atom. The Morgan fingerprint density at radius 3 is 0.813 bits per heavy atom. The highest BCUT2D eigenvalue weighted by Crippen LogP contribution is 2.16. The average molecular weight is 1040 g/mol. The van der Waals surface area contributed by atoms with E-state index in [2.05, 4.69) is 142 Å². The molecular formula is C69H114O6. The van der Waals surface area contributed by atoms with Gasteiger partial charge in [-0.3, -0.25) is 14.4 Å². The van der Waals surface area contributed by atoms with Crippen LogP contribution in [0.3, 0.4) is 0 Å². The Labute approximate surface area is 462 Å². The first-order chi connectivity index (χ1) is 37.0. The third-order valence-corrected chi connectivity index (χ3v) is 13.0. The zero-order chi connectivity index (χ0) is 54.3. The minimum Gasteiger partial charge on any atom is -0.462 e. The summed E-state index contributed by atoms with van der Waals surface area (Å²) in [6.07, 6.45) is 86.7. The van der Waals surface area contributed by atoms with E-state index in [-0.39, 0.29) is 31.1 Å². The first-order valence-corrected chi connectivity index (χ1v) is 31.0. The van der Waals surface area contributed by atoms with Crippen LogP contribution in [0.4, 0.5) is 0 Å². The van der Waals surface area contributed by atoms with Crippen LogP contribution >= 0.6 is 0 Å². The molecule has 0 bridgehead atoms. The highest BCUT2D eigenvalue weighted by molar-refractivity contribution is 5.71. The summed E-state index contributed by atoms with van der Waals surface area (Å²) in [5, 5.41) is 0. The van der Waals surface area contributed by atoms with E-state index >= 15 is 0 Å². The minimum atomic E-state index is -0.793. The molecule has 0 spiro atoms. The van der Waals surface area contributed by atoms with Crippen LogP contribution < -0.4 is 0 Å². The minimum absolute atomic E-state index is 0.0913.